The molecule has 26 heavy (non-hydrogen) atoms. The molecule has 0 unspecified atom stereocenters. The summed E-state index contributed by atoms with van der Waals surface area (Å²) in [6.07, 6.45) is -3.18. The molecule has 0 radical (unpaired) electrons. The van der Waals surface area contributed by atoms with Gasteiger partial charge in [-0.3, -0.25) is 4.79 Å². The Kier molecular flexibility index (Phi) is 4.66. The van der Waals surface area contributed by atoms with E-state index in [0.717, 1.165) is 12.1 Å². The van der Waals surface area contributed by atoms with Crippen molar-refractivity contribution in [1.82, 2.24) is 5.16 Å². The number of benzene rings is 2. The van der Waals surface area contributed by atoms with E-state index < -0.39 is 17.6 Å². The second-order valence-electron chi connectivity index (χ2n) is 5.33. The van der Waals surface area contributed by atoms with E-state index in [4.69, 9.17) is 9.26 Å². The summed E-state index contributed by atoms with van der Waals surface area (Å²) < 4.78 is 48.0. The van der Waals surface area contributed by atoms with Crippen molar-refractivity contribution in [3.8, 4) is 17.1 Å². The summed E-state index contributed by atoms with van der Waals surface area (Å²) in [7, 11) is 1.53. The molecule has 3 rings (SSSR count). The van der Waals surface area contributed by atoms with Crippen molar-refractivity contribution in [2.24, 2.45) is 0 Å². The van der Waals surface area contributed by atoms with Crippen molar-refractivity contribution in [2.75, 3.05) is 12.4 Å². The molecule has 8 heteroatoms. The summed E-state index contributed by atoms with van der Waals surface area (Å²) in [6.45, 7) is 0. The first-order valence-electron chi connectivity index (χ1n) is 7.46. The minimum Gasteiger partial charge on any atom is -0.497 e. The number of methoxy groups -OCH3 is 1. The molecule has 0 aliphatic heterocycles. The normalized spacial score (nSPS) is 11.2. The molecule has 1 amide bonds. The van der Waals surface area contributed by atoms with Gasteiger partial charge >= 0.3 is 6.18 Å². The van der Waals surface area contributed by atoms with E-state index in [9.17, 15) is 18.0 Å². The Hall–Kier alpha value is -3.29. The van der Waals surface area contributed by atoms with Gasteiger partial charge in [0, 0.05) is 11.3 Å². The van der Waals surface area contributed by atoms with Crippen LogP contribution in [0.25, 0.3) is 11.3 Å². The van der Waals surface area contributed by atoms with Crippen molar-refractivity contribution < 1.29 is 27.2 Å². The number of carbonyl (C=O) groups excluding carboxylic acids is 1. The van der Waals surface area contributed by atoms with Gasteiger partial charge in [-0.1, -0.05) is 5.16 Å². The molecule has 1 heterocycles. The van der Waals surface area contributed by atoms with Crippen LogP contribution in [0.2, 0.25) is 0 Å². The number of rotatable bonds is 4. The lowest BCUT2D eigenvalue weighted by molar-refractivity contribution is -0.137. The van der Waals surface area contributed by atoms with Gasteiger partial charge in [0.05, 0.1) is 18.9 Å². The lowest BCUT2D eigenvalue weighted by atomic mass is 10.1. The van der Waals surface area contributed by atoms with Crippen LogP contribution in [0.5, 0.6) is 5.75 Å². The van der Waals surface area contributed by atoms with Crippen LogP contribution in [0.15, 0.2) is 59.3 Å². The molecule has 1 aromatic heterocycles. The maximum atomic E-state index is 12.6. The van der Waals surface area contributed by atoms with E-state index in [1.807, 2.05) is 0 Å². The van der Waals surface area contributed by atoms with Crippen molar-refractivity contribution in [3.05, 3.63) is 65.9 Å². The Balaban J connectivity index is 1.79. The SMILES string of the molecule is COc1ccc(-c2oncc2C(=O)Nc2ccc(C(F)(F)F)cc2)cc1. The van der Waals surface area contributed by atoms with E-state index in [1.165, 1.54) is 25.4 Å². The minimum atomic E-state index is -4.43. The molecule has 2 aromatic carbocycles. The Morgan fingerprint density at radius 3 is 2.31 bits per heavy atom. The standard InChI is InChI=1S/C18H13F3N2O3/c1-25-14-8-2-11(3-9-14)16-15(10-22-26-16)17(24)23-13-6-4-12(5-7-13)18(19,20)21/h2-10H,1H3,(H,23,24). The molecule has 0 bridgehead atoms. The summed E-state index contributed by atoms with van der Waals surface area (Å²) in [5.41, 5.74) is 0.209. The summed E-state index contributed by atoms with van der Waals surface area (Å²) in [5, 5.41) is 6.16. The maximum Gasteiger partial charge on any atom is 0.416 e. The van der Waals surface area contributed by atoms with Crippen molar-refractivity contribution >= 4 is 11.6 Å². The molecule has 1 N–H and O–H groups in total. The van der Waals surface area contributed by atoms with Crippen LogP contribution < -0.4 is 10.1 Å². The number of carbonyl (C=O) groups is 1. The van der Waals surface area contributed by atoms with Crippen molar-refractivity contribution in [3.63, 3.8) is 0 Å². The predicted molar refractivity (Wildman–Crippen MR) is 87.9 cm³/mol. The zero-order valence-electron chi connectivity index (χ0n) is 13.5. The van der Waals surface area contributed by atoms with Crippen LogP contribution in [-0.2, 0) is 6.18 Å². The van der Waals surface area contributed by atoms with Gasteiger partial charge in [0.15, 0.2) is 5.76 Å². The number of amides is 1. The van der Waals surface area contributed by atoms with E-state index in [0.29, 0.717) is 11.3 Å². The third kappa shape index (κ3) is 3.69. The Labute approximate surface area is 146 Å². The van der Waals surface area contributed by atoms with Crippen LogP contribution >= 0.6 is 0 Å². The average molecular weight is 362 g/mol. The Morgan fingerprint density at radius 2 is 1.73 bits per heavy atom. The van der Waals surface area contributed by atoms with Gasteiger partial charge in [0.2, 0.25) is 0 Å². The van der Waals surface area contributed by atoms with Gasteiger partial charge in [0.25, 0.3) is 5.91 Å². The van der Waals surface area contributed by atoms with Gasteiger partial charge < -0.3 is 14.6 Å². The molecular weight excluding hydrogens is 349 g/mol. The lowest BCUT2D eigenvalue weighted by Crippen LogP contribution is -2.12. The highest BCUT2D eigenvalue weighted by atomic mass is 19.4. The van der Waals surface area contributed by atoms with Gasteiger partial charge in [-0.15, -0.1) is 0 Å². The molecule has 0 aliphatic carbocycles. The van der Waals surface area contributed by atoms with Crippen LogP contribution in [-0.4, -0.2) is 18.2 Å². The third-order valence-corrected chi connectivity index (χ3v) is 3.64. The predicted octanol–water partition coefficient (Wildman–Crippen LogP) is 4.62. The topological polar surface area (TPSA) is 64.4 Å². The molecule has 0 saturated carbocycles. The number of anilines is 1. The quantitative estimate of drug-likeness (QED) is 0.735. The highest BCUT2D eigenvalue weighted by Gasteiger charge is 2.30. The first-order chi connectivity index (χ1) is 12.4. The number of hydrogen-bond acceptors (Lipinski definition) is 4. The molecular formula is C18H13F3N2O3. The fourth-order valence-corrected chi connectivity index (χ4v) is 2.29. The molecule has 0 aliphatic rings. The number of nitrogens with one attached hydrogen (secondary N) is 1. The summed E-state index contributed by atoms with van der Waals surface area (Å²) >= 11 is 0. The Bertz CT molecular complexity index is 901. The number of alkyl halides is 3. The smallest absolute Gasteiger partial charge is 0.416 e. The third-order valence-electron chi connectivity index (χ3n) is 3.64. The van der Waals surface area contributed by atoms with Gasteiger partial charge in [-0.25, -0.2) is 0 Å². The molecule has 0 spiro atoms. The number of aromatic nitrogens is 1. The molecule has 134 valence electrons. The summed E-state index contributed by atoms with van der Waals surface area (Å²) in [4.78, 5) is 12.4. The Morgan fingerprint density at radius 1 is 1.08 bits per heavy atom. The van der Waals surface area contributed by atoms with Crippen LogP contribution in [0.4, 0.5) is 18.9 Å². The van der Waals surface area contributed by atoms with E-state index in [1.54, 1.807) is 24.3 Å². The number of nitrogens with zero attached hydrogens (tertiary/aromatic N) is 1. The number of ether oxygens (including phenoxy) is 1. The number of halogens is 3. The fourth-order valence-electron chi connectivity index (χ4n) is 2.29. The first-order valence-corrected chi connectivity index (χ1v) is 7.46. The molecule has 0 atom stereocenters. The highest BCUT2D eigenvalue weighted by Crippen LogP contribution is 2.30. The van der Waals surface area contributed by atoms with E-state index >= 15 is 0 Å². The summed E-state index contributed by atoms with van der Waals surface area (Å²) in [5.74, 6) is 0.345. The first kappa shape index (κ1) is 17.5. The van der Waals surface area contributed by atoms with Crippen LogP contribution in [0.3, 0.4) is 0 Å². The van der Waals surface area contributed by atoms with Crippen molar-refractivity contribution in [2.45, 2.75) is 6.18 Å². The zero-order chi connectivity index (χ0) is 18.7. The van der Waals surface area contributed by atoms with Crippen molar-refractivity contribution in [1.29, 1.82) is 0 Å². The van der Waals surface area contributed by atoms with Gasteiger partial charge in [0.1, 0.15) is 11.3 Å². The molecule has 0 saturated heterocycles. The van der Waals surface area contributed by atoms with Crippen LogP contribution in [0, 0.1) is 0 Å². The molecule has 0 fully saturated rings. The zero-order valence-corrected chi connectivity index (χ0v) is 13.5. The van der Waals surface area contributed by atoms with E-state index in [-0.39, 0.29) is 17.0 Å². The second kappa shape index (κ2) is 6.91. The monoisotopic (exact) mass is 362 g/mol. The highest BCUT2D eigenvalue weighted by molar-refractivity contribution is 6.07. The largest absolute Gasteiger partial charge is 0.497 e. The molecule has 3 aromatic rings. The van der Waals surface area contributed by atoms with E-state index in [2.05, 4.69) is 10.5 Å². The maximum absolute atomic E-state index is 12.6. The molecule has 5 nitrogen and oxygen atoms in total. The lowest BCUT2D eigenvalue weighted by Gasteiger charge is -2.08. The number of hydrogen-bond donors (Lipinski definition) is 1. The second-order valence-corrected chi connectivity index (χ2v) is 5.33. The fraction of sp³-hybridized carbons (Fsp3) is 0.111. The summed E-state index contributed by atoms with van der Waals surface area (Å²) in [6, 6.07) is 11.0. The average Bonchev–Trinajstić information content (AvgIpc) is 3.11. The van der Waals surface area contributed by atoms with Crippen LogP contribution in [0.1, 0.15) is 15.9 Å². The minimum absolute atomic E-state index is 0.162. The van der Waals surface area contributed by atoms with Gasteiger partial charge in [-0.2, -0.15) is 13.2 Å². The van der Waals surface area contributed by atoms with Gasteiger partial charge in [-0.05, 0) is 48.5 Å².